The van der Waals surface area contributed by atoms with E-state index in [2.05, 4.69) is 232 Å². The van der Waals surface area contributed by atoms with Gasteiger partial charge in [0, 0.05) is 66.9 Å². The molecular formula is C55H37BN4. The molecule has 0 fully saturated rings. The van der Waals surface area contributed by atoms with Crippen LogP contribution in [-0.2, 0) is 0 Å². The second kappa shape index (κ2) is 12.6. The number of nitrogens with zero attached hydrogens (tertiary/aromatic N) is 4. The lowest BCUT2D eigenvalue weighted by Crippen LogP contribution is -2.60. The van der Waals surface area contributed by atoms with Crippen molar-refractivity contribution in [2.24, 2.45) is 0 Å². The first-order chi connectivity index (χ1) is 29.7. The highest BCUT2D eigenvalue weighted by Crippen LogP contribution is 2.50. The summed E-state index contributed by atoms with van der Waals surface area (Å²) in [7, 11) is 0. The Bertz CT molecular complexity index is 3480. The highest BCUT2D eigenvalue weighted by Gasteiger charge is 2.45. The van der Waals surface area contributed by atoms with Gasteiger partial charge in [-0.2, -0.15) is 0 Å². The van der Waals surface area contributed by atoms with Crippen molar-refractivity contribution in [3.05, 3.63) is 212 Å². The number of benzene rings is 9. The summed E-state index contributed by atoms with van der Waals surface area (Å²) in [4.78, 5) is 5.08. The number of anilines is 5. The maximum atomic E-state index is 2.66. The van der Waals surface area contributed by atoms with E-state index in [0.717, 1.165) is 22.7 Å². The molecule has 13 rings (SSSR count). The van der Waals surface area contributed by atoms with Gasteiger partial charge in [-0.05, 0) is 108 Å². The molecule has 0 amide bonds. The van der Waals surface area contributed by atoms with E-state index in [1.807, 2.05) is 0 Å². The van der Waals surface area contributed by atoms with E-state index < -0.39 is 0 Å². The Morgan fingerprint density at radius 1 is 0.400 bits per heavy atom. The van der Waals surface area contributed by atoms with E-state index in [4.69, 9.17) is 0 Å². The van der Waals surface area contributed by atoms with Crippen molar-refractivity contribution in [3.8, 4) is 22.5 Å². The van der Waals surface area contributed by atoms with Gasteiger partial charge < -0.3 is 18.8 Å². The molecule has 0 radical (unpaired) electrons. The van der Waals surface area contributed by atoms with Crippen LogP contribution >= 0.6 is 0 Å². The lowest BCUT2D eigenvalue weighted by molar-refractivity contribution is 1.17. The van der Waals surface area contributed by atoms with Crippen LogP contribution in [0.15, 0.2) is 206 Å². The summed E-state index contributed by atoms with van der Waals surface area (Å²) in [5, 5.41) is 5.03. The van der Waals surface area contributed by atoms with Crippen molar-refractivity contribution >= 4 is 89.8 Å². The van der Waals surface area contributed by atoms with Gasteiger partial charge in [0.1, 0.15) is 0 Å². The van der Waals surface area contributed by atoms with Gasteiger partial charge in [0.05, 0.1) is 22.1 Å². The average Bonchev–Trinajstić information content (AvgIpc) is 3.82. The van der Waals surface area contributed by atoms with Crippen molar-refractivity contribution in [3.63, 3.8) is 0 Å². The number of hydrogen-bond donors (Lipinski definition) is 0. The number of fused-ring (bicyclic) bond motifs is 10. The fourth-order valence-electron chi connectivity index (χ4n) is 10.5. The minimum absolute atomic E-state index is 0.0907. The van der Waals surface area contributed by atoms with E-state index >= 15 is 0 Å². The molecule has 0 aliphatic carbocycles. The number of aryl methyl sites for hydroxylation is 1. The van der Waals surface area contributed by atoms with Gasteiger partial charge in [-0.25, -0.2) is 0 Å². The summed E-state index contributed by atoms with van der Waals surface area (Å²) >= 11 is 0. The summed E-state index contributed by atoms with van der Waals surface area (Å²) in [5.41, 5.74) is 19.4. The minimum Gasteiger partial charge on any atom is -0.376 e. The predicted molar refractivity (Wildman–Crippen MR) is 254 cm³/mol. The summed E-state index contributed by atoms with van der Waals surface area (Å²) in [5.74, 6) is 0. The molecule has 9 aromatic carbocycles. The molecular weight excluding hydrogens is 727 g/mol. The Kier molecular flexibility index (Phi) is 6.99. The third-order valence-corrected chi connectivity index (χ3v) is 13.0. The molecule has 0 spiro atoms. The van der Waals surface area contributed by atoms with Crippen LogP contribution in [0.25, 0.3) is 66.1 Å². The summed E-state index contributed by atoms with van der Waals surface area (Å²) in [6.45, 7) is 2.17. The van der Waals surface area contributed by atoms with E-state index in [-0.39, 0.29) is 6.85 Å². The van der Waals surface area contributed by atoms with Gasteiger partial charge in [-0.15, -0.1) is 0 Å². The first-order valence-corrected chi connectivity index (χ1v) is 20.8. The third-order valence-electron chi connectivity index (χ3n) is 13.0. The van der Waals surface area contributed by atoms with Crippen molar-refractivity contribution in [2.45, 2.75) is 6.92 Å². The van der Waals surface area contributed by atoms with E-state index in [1.54, 1.807) is 0 Å². The molecule has 5 heteroatoms. The Labute approximate surface area is 348 Å². The molecule has 2 aliphatic rings. The van der Waals surface area contributed by atoms with Crippen LogP contribution in [-0.4, -0.2) is 16.0 Å². The van der Waals surface area contributed by atoms with E-state index in [0.29, 0.717) is 0 Å². The lowest BCUT2D eigenvalue weighted by Gasteiger charge is -2.43. The van der Waals surface area contributed by atoms with Crippen molar-refractivity contribution in [1.82, 2.24) is 9.13 Å². The molecule has 0 N–H and O–H groups in total. The molecule has 0 unspecified atom stereocenters. The van der Waals surface area contributed by atoms with Crippen LogP contribution in [0.1, 0.15) is 5.56 Å². The molecule has 280 valence electrons. The van der Waals surface area contributed by atoms with Crippen LogP contribution in [0.2, 0.25) is 0 Å². The predicted octanol–water partition coefficient (Wildman–Crippen LogP) is 12.9. The molecule has 4 heterocycles. The zero-order valence-corrected chi connectivity index (χ0v) is 33.0. The molecule has 0 bridgehead atoms. The summed E-state index contributed by atoms with van der Waals surface area (Å²) < 4.78 is 5.01. The number of para-hydroxylation sites is 7. The first-order valence-electron chi connectivity index (χ1n) is 20.8. The number of hydrogen-bond acceptors (Lipinski definition) is 2. The number of rotatable bonds is 5. The summed E-state index contributed by atoms with van der Waals surface area (Å²) in [6, 6.07) is 76.0. The Morgan fingerprint density at radius 2 is 1.00 bits per heavy atom. The molecule has 11 aromatic rings. The van der Waals surface area contributed by atoms with E-state index in [1.165, 1.54) is 88.3 Å². The highest BCUT2D eigenvalue weighted by atomic mass is 15.2. The number of aromatic nitrogens is 2. The zero-order chi connectivity index (χ0) is 39.5. The molecule has 0 atom stereocenters. The Hall–Kier alpha value is -7.76. The van der Waals surface area contributed by atoms with Crippen LogP contribution in [0, 0.1) is 6.92 Å². The topological polar surface area (TPSA) is 16.3 Å². The van der Waals surface area contributed by atoms with E-state index in [9.17, 15) is 0 Å². The lowest BCUT2D eigenvalue weighted by atomic mass is 9.44. The van der Waals surface area contributed by atoms with Crippen molar-refractivity contribution in [2.75, 3.05) is 9.71 Å². The Morgan fingerprint density at radius 3 is 1.72 bits per heavy atom. The zero-order valence-electron chi connectivity index (χ0n) is 33.0. The fraction of sp³-hybridized carbons (Fsp3) is 0.0182. The van der Waals surface area contributed by atoms with Crippen LogP contribution in [0.5, 0.6) is 0 Å². The quantitative estimate of drug-likeness (QED) is 0.162. The monoisotopic (exact) mass is 764 g/mol. The SMILES string of the molecule is Cc1ccccc1N1B2c3c(cc(N(c4ccccc4)c4ccccc4)cc3-n3c4ccccc4c4cccc2c43)-c2cc3c4ccccc4n(-c4ccccc4)c3cc21. The smallest absolute Gasteiger partial charge is 0.333 e. The Balaban J connectivity index is 1.23. The van der Waals surface area contributed by atoms with Gasteiger partial charge in [0.25, 0.3) is 0 Å². The average molecular weight is 765 g/mol. The fourth-order valence-corrected chi connectivity index (χ4v) is 10.5. The third kappa shape index (κ3) is 4.57. The molecule has 2 aromatic heterocycles. The first kappa shape index (κ1) is 33.2. The normalized spacial score (nSPS) is 12.7. The second-order valence-corrected chi connectivity index (χ2v) is 16.2. The van der Waals surface area contributed by atoms with Crippen LogP contribution < -0.4 is 20.6 Å². The van der Waals surface area contributed by atoms with Crippen molar-refractivity contribution < 1.29 is 0 Å². The van der Waals surface area contributed by atoms with Gasteiger partial charge in [0.15, 0.2) is 0 Å². The standard InChI is InChI=1S/C55H37BN4/c1-36-18-11-14-29-48(36)60-52-35-51-44(42-26-13-15-30-49(42)58(51)39-23-9-4-10-24-39)34-45(52)46-32-40(57(37-19-5-2-6-20-37)38-21-7-3-8-22-38)33-53-54(46)56(60)47-28-17-27-43-41-25-12-16-31-50(41)59(53)55(43)47/h2-35H,1H3. The molecule has 4 nitrogen and oxygen atoms in total. The van der Waals surface area contributed by atoms with Crippen LogP contribution in [0.3, 0.4) is 0 Å². The summed E-state index contributed by atoms with van der Waals surface area (Å²) in [6.07, 6.45) is 0. The second-order valence-electron chi connectivity index (χ2n) is 16.2. The molecule has 0 saturated carbocycles. The largest absolute Gasteiger partial charge is 0.376 e. The van der Waals surface area contributed by atoms with Gasteiger partial charge in [0.2, 0.25) is 0 Å². The molecule has 60 heavy (non-hydrogen) atoms. The van der Waals surface area contributed by atoms with Gasteiger partial charge in [-0.1, -0.05) is 127 Å². The minimum atomic E-state index is -0.0907. The maximum Gasteiger partial charge on any atom is 0.333 e. The highest BCUT2D eigenvalue weighted by molar-refractivity contribution is 6.93. The maximum absolute atomic E-state index is 2.66. The van der Waals surface area contributed by atoms with Gasteiger partial charge >= 0.3 is 6.85 Å². The van der Waals surface area contributed by atoms with Crippen LogP contribution in [0.4, 0.5) is 28.4 Å². The molecule has 2 aliphatic heterocycles. The van der Waals surface area contributed by atoms with Gasteiger partial charge in [-0.3, -0.25) is 0 Å². The molecule has 0 saturated heterocycles. The van der Waals surface area contributed by atoms with Crippen molar-refractivity contribution in [1.29, 1.82) is 0 Å².